The number of aliphatic hydroxyl groups is 3. The van der Waals surface area contributed by atoms with E-state index in [1.807, 2.05) is 0 Å². The zero-order valence-electron chi connectivity index (χ0n) is 20.9. The zero-order chi connectivity index (χ0) is 28.5. The van der Waals surface area contributed by atoms with Crippen molar-refractivity contribution >= 4 is 29.5 Å². The molecule has 6 N–H and O–H groups in total. The van der Waals surface area contributed by atoms with Gasteiger partial charge in [0, 0.05) is 11.5 Å². The molecule has 2 aromatic rings. The minimum atomic E-state index is -2.73. The first-order valence-corrected chi connectivity index (χ1v) is 12.1. The first kappa shape index (κ1) is 26.3. The fourth-order valence-corrected chi connectivity index (χ4v) is 6.32. The largest absolute Gasteiger partial charge is 0.508 e. The van der Waals surface area contributed by atoms with Crippen molar-refractivity contribution < 1.29 is 44.0 Å². The van der Waals surface area contributed by atoms with Gasteiger partial charge in [0.15, 0.2) is 17.7 Å². The van der Waals surface area contributed by atoms with Crippen molar-refractivity contribution in [2.75, 3.05) is 14.1 Å². The van der Waals surface area contributed by atoms with Gasteiger partial charge < -0.3 is 26.2 Å². The molecule has 0 radical (unpaired) electrons. The van der Waals surface area contributed by atoms with Crippen molar-refractivity contribution in [3.05, 3.63) is 69.7 Å². The maximum atomic E-state index is 14.0. The van der Waals surface area contributed by atoms with E-state index in [1.54, 1.807) is 0 Å². The number of rotatable bonds is 4. The fraction of sp³-hybridized carbons (Fsp3) is 0.286. The average molecular weight is 537 g/mol. The monoisotopic (exact) mass is 536 g/mol. The number of hydrogen-bond acceptors (Lipinski definition) is 9. The maximum Gasteiger partial charge on any atom is 0.255 e. The summed E-state index contributed by atoms with van der Waals surface area (Å²) in [5, 5.41) is 44.5. The smallest absolute Gasteiger partial charge is 0.255 e. The van der Waals surface area contributed by atoms with Crippen molar-refractivity contribution in [3.63, 3.8) is 0 Å². The lowest BCUT2D eigenvalue weighted by Crippen LogP contribution is -2.65. The summed E-state index contributed by atoms with van der Waals surface area (Å²) in [6.45, 7) is 0. The van der Waals surface area contributed by atoms with Crippen LogP contribution in [0, 0.1) is 17.7 Å². The van der Waals surface area contributed by atoms with Crippen molar-refractivity contribution in [1.29, 1.82) is 0 Å². The Bertz CT molecular complexity index is 1560. The number of carbonyl (C=O) groups is 4. The van der Waals surface area contributed by atoms with Crippen LogP contribution in [0.2, 0.25) is 0 Å². The molecular formula is C28H25FN2O8. The molecule has 0 bridgehead atoms. The fourth-order valence-electron chi connectivity index (χ4n) is 6.32. The second kappa shape index (κ2) is 8.85. The van der Waals surface area contributed by atoms with Crippen LogP contribution < -0.4 is 5.73 Å². The molecule has 3 aliphatic rings. The molecule has 0 spiro atoms. The van der Waals surface area contributed by atoms with Gasteiger partial charge in [-0.2, -0.15) is 0 Å². The molecule has 202 valence electrons. The molecule has 5 rings (SSSR count). The molecule has 3 aliphatic carbocycles. The van der Waals surface area contributed by atoms with E-state index in [2.05, 4.69) is 0 Å². The molecular weight excluding hydrogens is 511 g/mol. The lowest BCUT2D eigenvalue weighted by Gasteiger charge is -2.50. The molecule has 4 atom stereocenters. The molecule has 0 aromatic heterocycles. The molecule has 39 heavy (non-hydrogen) atoms. The number of fused-ring (bicyclic) bond motifs is 3. The summed E-state index contributed by atoms with van der Waals surface area (Å²) in [5.41, 5.74) is 2.45. The molecule has 0 heterocycles. The Labute approximate surface area is 221 Å². The number of primary amides is 1. The summed E-state index contributed by atoms with van der Waals surface area (Å²) in [4.78, 5) is 51.9. The highest BCUT2D eigenvalue weighted by Crippen LogP contribution is 2.53. The van der Waals surface area contributed by atoms with Gasteiger partial charge in [0.2, 0.25) is 5.78 Å². The number of Topliss-reactive ketones (excluding diaryl/α,β-unsaturated/α-hetero) is 2. The normalized spacial score (nSPS) is 26.3. The lowest BCUT2D eigenvalue weighted by molar-refractivity contribution is -0.153. The number of halogens is 1. The number of benzene rings is 2. The molecule has 10 nitrogen and oxygen atoms in total. The molecule has 11 heteroatoms. The summed E-state index contributed by atoms with van der Waals surface area (Å²) in [5.74, 6) is -8.13. The number of ketones is 2. The van der Waals surface area contributed by atoms with Crippen LogP contribution in [0.4, 0.5) is 4.39 Å². The van der Waals surface area contributed by atoms with Gasteiger partial charge in [-0.1, -0.05) is 12.1 Å². The van der Waals surface area contributed by atoms with Crippen LogP contribution in [-0.2, 0) is 20.8 Å². The Balaban J connectivity index is 1.74. The van der Waals surface area contributed by atoms with Crippen LogP contribution in [0.3, 0.4) is 0 Å². The van der Waals surface area contributed by atoms with Crippen LogP contribution in [0.15, 0.2) is 47.2 Å². The third kappa shape index (κ3) is 3.53. The summed E-state index contributed by atoms with van der Waals surface area (Å²) in [7, 11) is 3.03. The van der Waals surface area contributed by atoms with Crippen molar-refractivity contribution in [2.45, 2.75) is 24.5 Å². The molecule has 1 saturated carbocycles. The van der Waals surface area contributed by atoms with Gasteiger partial charge in [-0.15, -0.1) is 0 Å². The quantitative estimate of drug-likeness (QED) is 0.287. The van der Waals surface area contributed by atoms with E-state index in [0.29, 0.717) is 23.0 Å². The Morgan fingerprint density at radius 2 is 1.85 bits per heavy atom. The minimum absolute atomic E-state index is 0.0616. The van der Waals surface area contributed by atoms with Gasteiger partial charge in [0.1, 0.15) is 28.7 Å². The van der Waals surface area contributed by atoms with Crippen molar-refractivity contribution in [3.8, 4) is 16.9 Å². The molecule has 0 saturated heterocycles. The number of aldehydes is 1. The molecule has 2 aromatic carbocycles. The Morgan fingerprint density at radius 1 is 1.15 bits per heavy atom. The number of phenols is 1. The number of carbonyl (C=O) groups excluding carboxylic acids is 4. The number of likely N-dealkylation sites (N-methyl/N-ethyl adjacent to an activating group) is 1. The minimum Gasteiger partial charge on any atom is -0.508 e. The Hall–Kier alpha value is -4.35. The lowest BCUT2D eigenvalue weighted by atomic mass is 9.57. The van der Waals surface area contributed by atoms with Crippen LogP contribution in [-0.4, -0.2) is 74.8 Å². The SMILES string of the molecule is CN(C)[C@H]1C(=O)C(C(N)=O)=C(O)[C@]2(O)C(=O)C3=C(O)c4c(O)ccc(-c5ccc(F)c(C=O)c5)c4C[C@@H]3C[C@@H]12. The second-order valence-corrected chi connectivity index (χ2v) is 10.3. The summed E-state index contributed by atoms with van der Waals surface area (Å²) in [6.07, 6.45) is 0.361. The van der Waals surface area contributed by atoms with Gasteiger partial charge in [-0.05, 0) is 67.7 Å². The number of amides is 1. The summed E-state index contributed by atoms with van der Waals surface area (Å²) >= 11 is 0. The molecule has 0 aliphatic heterocycles. The van der Waals surface area contributed by atoms with E-state index in [-0.39, 0.29) is 35.3 Å². The van der Waals surface area contributed by atoms with Gasteiger partial charge in [0.25, 0.3) is 5.91 Å². The van der Waals surface area contributed by atoms with Crippen LogP contribution >= 0.6 is 0 Å². The predicted molar refractivity (Wildman–Crippen MR) is 135 cm³/mol. The van der Waals surface area contributed by atoms with Gasteiger partial charge in [-0.25, -0.2) is 4.39 Å². The predicted octanol–water partition coefficient (Wildman–Crippen LogP) is 1.58. The van der Waals surface area contributed by atoms with Crippen LogP contribution in [0.5, 0.6) is 5.75 Å². The number of hydrogen-bond donors (Lipinski definition) is 5. The highest BCUT2D eigenvalue weighted by atomic mass is 19.1. The number of nitrogens with zero attached hydrogens (tertiary/aromatic N) is 1. The van der Waals surface area contributed by atoms with E-state index >= 15 is 0 Å². The Kier molecular flexibility index (Phi) is 5.96. The molecule has 1 amide bonds. The summed E-state index contributed by atoms with van der Waals surface area (Å²) < 4.78 is 14.0. The topological polar surface area (TPSA) is 178 Å². The zero-order valence-corrected chi connectivity index (χ0v) is 20.9. The van der Waals surface area contributed by atoms with Crippen molar-refractivity contribution in [2.24, 2.45) is 17.6 Å². The van der Waals surface area contributed by atoms with E-state index in [1.165, 1.54) is 43.3 Å². The van der Waals surface area contributed by atoms with E-state index in [0.717, 1.165) is 6.07 Å². The number of aliphatic hydroxyl groups excluding tert-OH is 2. The van der Waals surface area contributed by atoms with E-state index < -0.39 is 63.9 Å². The standard InChI is InChI=1S/C28H25FN2O8/c1-31(2)22-16-9-12-8-15-14(11-3-5-17(29)13(7-11)10-32)4-6-18(33)20(15)23(34)19(12)25(36)28(16,39)26(37)21(24(22)35)27(30)38/h3-7,10,12,16,22,33-34,37,39H,8-9H2,1-2H3,(H2,30,38)/t12-,16+,22-,28-/m1/s1. The third-order valence-electron chi connectivity index (χ3n) is 8.04. The van der Waals surface area contributed by atoms with Gasteiger partial charge >= 0.3 is 0 Å². The average Bonchev–Trinajstić information content (AvgIpc) is 2.86. The molecule has 1 fully saturated rings. The first-order valence-electron chi connectivity index (χ1n) is 12.1. The first-order chi connectivity index (χ1) is 18.3. The van der Waals surface area contributed by atoms with Crippen LogP contribution in [0.25, 0.3) is 16.9 Å². The number of nitrogens with two attached hydrogens (primary N) is 1. The van der Waals surface area contributed by atoms with E-state index in [9.17, 15) is 44.0 Å². The molecule has 0 unspecified atom stereocenters. The van der Waals surface area contributed by atoms with Gasteiger partial charge in [-0.3, -0.25) is 24.1 Å². The Morgan fingerprint density at radius 3 is 2.46 bits per heavy atom. The second-order valence-electron chi connectivity index (χ2n) is 10.3. The maximum absolute atomic E-state index is 14.0. The number of aromatic hydroxyl groups is 1. The summed E-state index contributed by atoms with van der Waals surface area (Å²) in [6, 6.07) is 5.49. The van der Waals surface area contributed by atoms with Gasteiger partial charge in [0.05, 0.1) is 17.2 Å². The third-order valence-corrected chi connectivity index (χ3v) is 8.04. The highest BCUT2D eigenvalue weighted by Gasteiger charge is 2.64. The number of phenolic OH excluding ortho intramolecular Hbond substituents is 1. The van der Waals surface area contributed by atoms with Crippen molar-refractivity contribution in [1.82, 2.24) is 4.90 Å². The van der Waals surface area contributed by atoms with E-state index in [4.69, 9.17) is 5.73 Å². The van der Waals surface area contributed by atoms with Crippen LogP contribution in [0.1, 0.15) is 27.9 Å². The highest BCUT2D eigenvalue weighted by molar-refractivity contribution is 6.24.